The van der Waals surface area contributed by atoms with Crippen molar-refractivity contribution < 1.29 is 8.81 Å². The number of aromatic amines is 1. The van der Waals surface area contributed by atoms with E-state index in [1.54, 1.807) is 41.8 Å². The van der Waals surface area contributed by atoms with Crippen LogP contribution in [0.15, 0.2) is 53.7 Å². The Morgan fingerprint density at radius 3 is 3.12 bits per heavy atom. The number of rotatable bonds is 5. The number of oxazole rings is 1. The maximum absolute atomic E-state index is 16.3. The second kappa shape index (κ2) is 7.37. The van der Waals surface area contributed by atoms with Crippen molar-refractivity contribution in [1.82, 2.24) is 34.7 Å². The summed E-state index contributed by atoms with van der Waals surface area (Å²) in [5.74, 6) is 0. The Labute approximate surface area is 186 Å². The van der Waals surface area contributed by atoms with Crippen molar-refractivity contribution in [1.29, 1.82) is 5.26 Å². The Morgan fingerprint density at radius 1 is 1.30 bits per heavy atom. The van der Waals surface area contributed by atoms with Gasteiger partial charge in [-0.15, -0.1) is 0 Å². The first-order valence-corrected chi connectivity index (χ1v) is 10.5. The van der Waals surface area contributed by atoms with Gasteiger partial charge in [-0.3, -0.25) is 4.68 Å². The van der Waals surface area contributed by atoms with Crippen LogP contribution in [0.5, 0.6) is 0 Å². The molecule has 0 saturated carbocycles. The lowest BCUT2D eigenvalue weighted by atomic mass is 9.93. The van der Waals surface area contributed by atoms with Crippen molar-refractivity contribution in [3.8, 4) is 17.3 Å². The standard InChI is InChI=1S/C22H18FN9O/c23-22(5-9-31(12-22)21-30-16-2-1-7-26-20(16)33-21)17(3-6-24)32-11-14(10-29-32)18-15-4-8-25-19(15)28-13-27-18/h1-2,4,7-8,10-11,13,17H,3,5,9,12H2,(H,25,27,28). The molecule has 0 radical (unpaired) electrons. The zero-order valence-corrected chi connectivity index (χ0v) is 17.4. The molecule has 5 aromatic rings. The van der Waals surface area contributed by atoms with Crippen molar-refractivity contribution in [3.05, 3.63) is 49.3 Å². The van der Waals surface area contributed by atoms with Gasteiger partial charge in [-0.05, 0) is 18.2 Å². The van der Waals surface area contributed by atoms with Crippen LogP contribution in [-0.2, 0) is 0 Å². The van der Waals surface area contributed by atoms with Gasteiger partial charge in [-0.2, -0.15) is 15.3 Å². The van der Waals surface area contributed by atoms with E-state index >= 15 is 4.39 Å². The fourth-order valence-electron chi connectivity index (χ4n) is 4.46. The van der Waals surface area contributed by atoms with Gasteiger partial charge < -0.3 is 14.3 Å². The summed E-state index contributed by atoms with van der Waals surface area (Å²) in [6, 6.07) is 7.13. The number of hydrogen-bond donors (Lipinski definition) is 1. The molecule has 2 atom stereocenters. The zero-order chi connectivity index (χ0) is 22.4. The lowest BCUT2D eigenvalue weighted by molar-refractivity contribution is 0.104. The predicted octanol–water partition coefficient (Wildman–Crippen LogP) is 3.43. The molecule has 0 bridgehead atoms. The molecule has 11 heteroatoms. The summed E-state index contributed by atoms with van der Waals surface area (Å²) in [5, 5.41) is 14.7. The smallest absolute Gasteiger partial charge is 0.299 e. The highest BCUT2D eigenvalue weighted by Crippen LogP contribution is 2.40. The predicted molar refractivity (Wildman–Crippen MR) is 117 cm³/mol. The molecule has 6 rings (SSSR count). The van der Waals surface area contributed by atoms with Gasteiger partial charge in [0, 0.05) is 42.5 Å². The Bertz CT molecular complexity index is 1470. The van der Waals surface area contributed by atoms with Gasteiger partial charge in [-0.25, -0.2) is 19.3 Å². The minimum atomic E-state index is -1.69. The summed E-state index contributed by atoms with van der Waals surface area (Å²) in [5.41, 5.74) is 1.48. The van der Waals surface area contributed by atoms with Gasteiger partial charge in [0.2, 0.25) is 5.71 Å². The number of fused-ring (bicyclic) bond motifs is 2. The molecule has 1 fully saturated rings. The molecule has 2 unspecified atom stereocenters. The van der Waals surface area contributed by atoms with Crippen LogP contribution in [0.25, 0.3) is 33.5 Å². The highest BCUT2D eigenvalue weighted by Gasteiger charge is 2.47. The van der Waals surface area contributed by atoms with E-state index in [2.05, 4.69) is 36.1 Å². The number of nitrogens with zero attached hydrogens (tertiary/aromatic N) is 8. The number of aromatic nitrogens is 7. The van der Waals surface area contributed by atoms with Crippen molar-refractivity contribution in [2.75, 3.05) is 18.0 Å². The fraction of sp³-hybridized carbons (Fsp3) is 0.273. The van der Waals surface area contributed by atoms with Gasteiger partial charge >= 0.3 is 0 Å². The summed E-state index contributed by atoms with van der Waals surface area (Å²) in [6.45, 7) is 0.451. The monoisotopic (exact) mass is 443 g/mol. The van der Waals surface area contributed by atoms with Gasteiger partial charge in [-0.1, -0.05) is 0 Å². The molecule has 10 nitrogen and oxygen atoms in total. The van der Waals surface area contributed by atoms with Crippen LogP contribution in [0.1, 0.15) is 18.9 Å². The van der Waals surface area contributed by atoms with Gasteiger partial charge in [0.25, 0.3) is 6.01 Å². The molecule has 1 N–H and O–H groups in total. The van der Waals surface area contributed by atoms with Crippen LogP contribution >= 0.6 is 0 Å². The third-order valence-corrected chi connectivity index (χ3v) is 6.11. The van der Waals surface area contributed by atoms with Crippen LogP contribution in [0.4, 0.5) is 10.4 Å². The SMILES string of the molecule is N#CCC(n1cc(-c2ncnc3[nH]ccc23)cn1)C1(F)CCN(c2nc3cccnc3o2)C1. The van der Waals surface area contributed by atoms with E-state index < -0.39 is 11.7 Å². The topological polar surface area (TPSA) is 125 Å². The first kappa shape index (κ1) is 19.4. The zero-order valence-electron chi connectivity index (χ0n) is 17.4. The molecule has 1 aliphatic rings. The number of nitriles is 1. The van der Waals surface area contributed by atoms with E-state index in [4.69, 9.17) is 4.42 Å². The summed E-state index contributed by atoms with van der Waals surface area (Å²) in [6.07, 6.45) is 8.46. The first-order chi connectivity index (χ1) is 16.1. The number of pyridine rings is 1. The van der Waals surface area contributed by atoms with E-state index in [-0.39, 0.29) is 19.4 Å². The number of nitrogens with one attached hydrogen (secondary N) is 1. The van der Waals surface area contributed by atoms with Crippen LogP contribution < -0.4 is 4.90 Å². The molecule has 164 valence electrons. The Morgan fingerprint density at radius 2 is 2.24 bits per heavy atom. The minimum absolute atomic E-state index is 0.0239. The maximum atomic E-state index is 16.3. The third-order valence-electron chi connectivity index (χ3n) is 6.11. The van der Waals surface area contributed by atoms with E-state index in [1.807, 2.05) is 6.07 Å². The number of halogens is 1. The Balaban J connectivity index is 1.31. The minimum Gasteiger partial charge on any atom is -0.404 e. The third kappa shape index (κ3) is 3.18. The van der Waals surface area contributed by atoms with Crippen molar-refractivity contribution in [2.45, 2.75) is 24.6 Å². The van der Waals surface area contributed by atoms with Crippen molar-refractivity contribution in [3.63, 3.8) is 0 Å². The second-order valence-electron chi connectivity index (χ2n) is 8.08. The van der Waals surface area contributed by atoms with E-state index in [9.17, 15) is 5.26 Å². The molecule has 0 aliphatic carbocycles. The molecular formula is C22H18FN9O. The summed E-state index contributed by atoms with van der Waals surface area (Å²) in [7, 11) is 0. The van der Waals surface area contributed by atoms with E-state index in [0.717, 1.165) is 10.9 Å². The highest BCUT2D eigenvalue weighted by atomic mass is 19.1. The van der Waals surface area contributed by atoms with Crippen LogP contribution in [0, 0.1) is 11.3 Å². The largest absolute Gasteiger partial charge is 0.404 e. The molecule has 6 heterocycles. The molecule has 0 amide bonds. The molecular weight excluding hydrogens is 425 g/mol. The number of H-pyrrole nitrogens is 1. The Hall–Kier alpha value is -4.33. The maximum Gasteiger partial charge on any atom is 0.299 e. The molecule has 1 saturated heterocycles. The molecule has 33 heavy (non-hydrogen) atoms. The normalized spacial score (nSPS) is 19.3. The quantitative estimate of drug-likeness (QED) is 0.438. The average molecular weight is 443 g/mol. The second-order valence-corrected chi connectivity index (χ2v) is 8.08. The summed E-state index contributed by atoms with van der Waals surface area (Å²) < 4.78 is 23.5. The number of hydrogen-bond acceptors (Lipinski definition) is 8. The molecule has 0 aromatic carbocycles. The molecule has 1 aliphatic heterocycles. The highest BCUT2D eigenvalue weighted by molar-refractivity contribution is 5.90. The van der Waals surface area contributed by atoms with Crippen LogP contribution in [0.2, 0.25) is 0 Å². The summed E-state index contributed by atoms with van der Waals surface area (Å²) >= 11 is 0. The average Bonchev–Trinajstić information content (AvgIpc) is 3.62. The molecule has 5 aromatic heterocycles. The Kier molecular flexibility index (Phi) is 4.33. The van der Waals surface area contributed by atoms with Crippen molar-refractivity contribution >= 4 is 28.3 Å². The number of anilines is 1. The molecule has 0 spiro atoms. The number of alkyl halides is 1. The van der Waals surface area contributed by atoms with Crippen LogP contribution in [0.3, 0.4) is 0 Å². The van der Waals surface area contributed by atoms with Gasteiger partial charge in [0.1, 0.15) is 23.5 Å². The fourth-order valence-corrected chi connectivity index (χ4v) is 4.46. The first-order valence-electron chi connectivity index (χ1n) is 10.5. The lowest BCUT2D eigenvalue weighted by Gasteiger charge is -2.28. The van der Waals surface area contributed by atoms with Gasteiger partial charge in [0.05, 0.1) is 30.9 Å². The van der Waals surface area contributed by atoms with E-state index in [1.165, 1.54) is 11.0 Å². The van der Waals surface area contributed by atoms with E-state index in [0.29, 0.717) is 35.1 Å². The summed E-state index contributed by atoms with van der Waals surface area (Å²) in [4.78, 5) is 22.0. The van der Waals surface area contributed by atoms with Crippen molar-refractivity contribution in [2.24, 2.45) is 0 Å². The van der Waals surface area contributed by atoms with Crippen LogP contribution in [-0.4, -0.2) is 53.5 Å². The lowest BCUT2D eigenvalue weighted by Crippen LogP contribution is -2.38. The van der Waals surface area contributed by atoms with Gasteiger partial charge in [0.15, 0.2) is 5.67 Å².